The zero-order valence-corrected chi connectivity index (χ0v) is 45.5. The van der Waals surface area contributed by atoms with E-state index in [0.29, 0.717) is 19.3 Å². The van der Waals surface area contributed by atoms with Crippen LogP contribution in [0.4, 0.5) is 0 Å². The van der Waals surface area contributed by atoms with Crippen LogP contribution in [0.1, 0.15) is 290 Å². The molecule has 1 saturated heterocycles. The maximum Gasteiger partial charge on any atom is 0.249 e. The van der Waals surface area contributed by atoms with Gasteiger partial charge in [0, 0.05) is 0 Å². The lowest BCUT2D eigenvalue weighted by Gasteiger charge is -2.40. The quantitative estimate of drug-likeness (QED) is 0.0215. The molecule has 1 fully saturated rings. The van der Waals surface area contributed by atoms with Crippen molar-refractivity contribution in [2.45, 2.75) is 345 Å². The summed E-state index contributed by atoms with van der Waals surface area (Å²) in [4.78, 5) is 13.2. The molecule has 70 heavy (non-hydrogen) atoms. The highest BCUT2D eigenvalue weighted by Gasteiger charge is 2.44. The van der Waals surface area contributed by atoms with Gasteiger partial charge in [-0.2, -0.15) is 0 Å². The monoisotopic (exact) mass is 998 g/mol. The highest BCUT2D eigenvalue weighted by Crippen LogP contribution is 2.24. The Morgan fingerprint density at radius 3 is 1.20 bits per heavy atom. The zero-order valence-electron chi connectivity index (χ0n) is 45.5. The number of carbonyl (C=O) groups is 1. The van der Waals surface area contributed by atoms with Crippen molar-refractivity contribution in [2.24, 2.45) is 0 Å². The molecule has 0 radical (unpaired) electrons. The second kappa shape index (κ2) is 48.8. The maximum absolute atomic E-state index is 13.2. The lowest BCUT2D eigenvalue weighted by atomic mass is 9.98. The number of allylic oxidation sites excluding steroid dienone is 2. The number of hydrogen-bond donors (Lipinski definition) is 8. The summed E-state index contributed by atoms with van der Waals surface area (Å²) in [5, 5.41) is 76.2. The molecule has 0 spiro atoms. The van der Waals surface area contributed by atoms with E-state index in [1.165, 1.54) is 199 Å². The van der Waals surface area contributed by atoms with Gasteiger partial charge < -0.3 is 50.5 Å². The molecule has 1 rings (SSSR count). The first-order valence-electron chi connectivity index (χ1n) is 30.1. The van der Waals surface area contributed by atoms with Gasteiger partial charge in [-0.25, -0.2) is 0 Å². The molecule has 1 aliphatic heterocycles. The van der Waals surface area contributed by atoms with Crippen LogP contribution in [0.25, 0.3) is 0 Å². The predicted molar refractivity (Wildman–Crippen MR) is 289 cm³/mol. The molecule has 1 heterocycles. The van der Waals surface area contributed by atoms with Gasteiger partial charge in [0.05, 0.1) is 25.4 Å². The molecule has 416 valence electrons. The van der Waals surface area contributed by atoms with Gasteiger partial charge in [0.25, 0.3) is 0 Å². The first-order valence-corrected chi connectivity index (χ1v) is 30.1. The number of amides is 1. The van der Waals surface area contributed by atoms with Crippen LogP contribution in [-0.2, 0) is 14.3 Å². The fraction of sp³-hybridized carbons (Fsp3) is 0.949. The fourth-order valence-corrected chi connectivity index (χ4v) is 9.91. The fourth-order valence-electron chi connectivity index (χ4n) is 9.91. The Morgan fingerprint density at radius 1 is 0.486 bits per heavy atom. The third kappa shape index (κ3) is 36.7. The Kier molecular flexibility index (Phi) is 46.6. The van der Waals surface area contributed by atoms with E-state index in [1.54, 1.807) is 0 Å². The maximum atomic E-state index is 13.2. The number of aliphatic hydroxyl groups excluding tert-OH is 7. The topological polar surface area (TPSA) is 189 Å². The molecule has 1 amide bonds. The highest BCUT2D eigenvalue weighted by molar-refractivity contribution is 5.80. The predicted octanol–water partition coefficient (Wildman–Crippen LogP) is 12.7. The normalized spacial score (nSPS) is 20.3. The summed E-state index contributed by atoms with van der Waals surface area (Å²) in [7, 11) is 0. The highest BCUT2D eigenvalue weighted by atomic mass is 16.7. The Morgan fingerprint density at radius 2 is 0.829 bits per heavy atom. The van der Waals surface area contributed by atoms with Gasteiger partial charge in [-0.1, -0.05) is 264 Å². The molecular formula is C59H115NO10. The number of carbonyl (C=O) groups excluding carboxylic acids is 1. The molecule has 0 aromatic heterocycles. The molecule has 0 aliphatic carbocycles. The number of ether oxygens (including phenoxy) is 2. The smallest absolute Gasteiger partial charge is 0.249 e. The number of aliphatic hydroxyl groups is 7. The molecular weight excluding hydrogens is 883 g/mol. The van der Waals surface area contributed by atoms with Crippen LogP contribution in [0, 0.1) is 0 Å². The van der Waals surface area contributed by atoms with Gasteiger partial charge in [0.15, 0.2) is 6.29 Å². The van der Waals surface area contributed by atoms with Gasteiger partial charge in [-0.3, -0.25) is 4.79 Å². The summed E-state index contributed by atoms with van der Waals surface area (Å²) in [5.74, 6) is -0.696. The Balaban J connectivity index is 2.30. The summed E-state index contributed by atoms with van der Waals surface area (Å²) >= 11 is 0. The van der Waals surface area contributed by atoms with Crippen molar-refractivity contribution in [1.29, 1.82) is 0 Å². The summed E-state index contributed by atoms with van der Waals surface area (Å²) in [6.45, 7) is 3.50. The van der Waals surface area contributed by atoms with Crippen molar-refractivity contribution < 1.29 is 50.0 Å². The van der Waals surface area contributed by atoms with Crippen LogP contribution < -0.4 is 5.32 Å². The molecule has 1 aliphatic rings. The van der Waals surface area contributed by atoms with Gasteiger partial charge in [-0.15, -0.1) is 0 Å². The lowest BCUT2D eigenvalue weighted by molar-refractivity contribution is -0.303. The van der Waals surface area contributed by atoms with Crippen LogP contribution >= 0.6 is 0 Å². The van der Waals surface area contributed by atoms with Crippen LogP contribution in [0.5, 0.6) is 0 Å². The number of hydrogen-bond acceptors (Lipinski definition) is 10. The lowest BCUT2D eigenvalue weighted by Crippen LogP contribution is -2.60. The van der Waals surface area contributed by atoms with E-state index < -0.39 is 74.2 Å². The average molecular weight is 999 g/mol. The van der Waals surface area contributed by atoms with Crippen LogP contribution in [0.15, 0.2) is 12.2 Å². The van der Waals surface area contributed by atoms with Gasteiger partial charge in [0.1, 0.15) is 36.6 Å². The summed E-state index contributed by atoms with van der Waals surface area (Å²) in [5.41, 5.74) is 0. The largest absolute Gasteiger partial charge is 0.394 e. The van der Waals surface area contributed by atoms with E-state index in [-0.39, 0.29) is 6.42 Å². The number of nitrogens with one attached hydrogen (secondary N) is 1. The minimum absolute atomic E-state index is 0.256. The van der Waals surface area contributed by atoms with E-state index in [1.807, 2.05) is 0 Å². The molecule has 9 unspecified atom stereocenters. The average Bonchev–Trinajstić information content (AvgIpc) is 3.36. The minimum atomic E-state index is -1.66. The van der Waals surface area contributed by atoms with E-state index in [0.717, 1.165) is 51.4 Å². The van der Waals surface area contributed by atoms with Gasteiger partial charge >= 0.3 is 0 Å². The molecule has 0 aromatic rings. The standard InChI is InChI=1S/C59H115NO10/c1-3-5-7-9-11-13-15-17-19-21-23-25-27-29-31-33-35-37-39-41-43-45-47-52(63)58(68)60-50(49-69-59-57(67)56(66)55(65)53(48-61)70-59)54(64)51(62)46-44-42-40-38-36-34-32-30-28-26-24-22-20-18-16-14-12-10-8-6-4-2/h29,31,50-57,59,61-67H,3-28,30,32-49H2,1-2H3,(H,60,68)/b31-29-. The van der Waals surface area contributed by atoms with E-state index in [4.69, 9.17) is 9.47 Å². The van der Waals surface area contributed by atoms with Crippen molar-refractivity contribution >= 4 is 5.91 Å². The SMILES string of the molecule is CCCCCCCCCCCCCC/C=C\CCCCCCCCC(O)C(=O)NC(COC1OC(CO)C(O)C(O)C1O)C(O)C(O)CCCCCCCCCCCCCCCCCCCCCCC. The van der Waals surface area contributed by atoms with Crippen molar-refractivity contribution in [3.8, 4) is 0 Å². The summed E-state index contributed by atoms with van der Waals surface area (Å²) in [6.07, 6.45) is 45.5. The number of unbranched alkanes of at least 4 members (excludes halogenated alkanes) is 38. The van der Waals surface area contributed by atoms with E-state index in [9.17, 15) is 40.5 Å². The van der Waals surface area contributed by atoms with Crippen LogP contribution in [-0.4, -0.2) is 110 Å². The molecule has 8 N–H and O–H groups in total. The van der Waals surface area contributed by atoms with Crippen molar-refractivity contribution in [2.75, 3.05) is 13.2 Å². The van der Waals surface area contributed by atoms with Gasteiger partial charge in [0.2, 0.25) is 5.91 Å². The number of rotatable bonds is 52. The summed E-state index contributed by atoms with van der Waals surface area (Å²) in [6, 6.07) is -1.17. The van der Waals surface area contributed by atoms with Crippen LogP contribution in [0.2, 0.25) is 0 Å². The molecule has 11 heteroatoms. The van der Waals surface area contributed by atoms with Crippen LogP contribution in [0.3, 0.4) is 0 Å². The van der Waals surface area contributed by atoms with Crippen molar-refractivity contribution in [3.63, 3.8) is 0 Å². The Bertz CT molecular complexity index is 1140. The van der Waals surface area contributed by atoms with Gasteiger partial charge in [-0.05, 0) is 38.5 Å². The third-order valence-corrected chi connectivity index (χ3v) is 14.8. The first-order chi connectivity index (χ1) is 34.2. The molecule has 0 saturated carbocycles. The second-order valence-corrected chi connectivity index (χ2v) is 21.4. The summed E-state index contributed by atoms with van der Waals surface area (Å²) < 4.78 is 11.2. The molecule has 9 atom stereocenters. The Labute approximate surface area is 430 Å². The first kappa shape index (κ1) is 66.9. The third-order valence-electron chi connectivity index (χ3n) is 14.8. The Hall–Kier alpha value is -1.15. The molecule has 11 nitrogen and oxygen atoms in total. The molecule has 0 aromatic carbocycles. The zero-order chi connectivity index (χ0) is 51.1. The van der Waals surface area contributed by atoms with Crippen molar-refractivity contribution in [3.05, 3.63) is 12.2 Å². The molecule has 0 bridgehead atoms. The minimum Gasteiger partial charge on any atom is -0.394 e. The van der Waals surface area contributed by atoms with E-state index >= 15 is 0 Å². The second-order valence-electron chi connectivity index (χ2n) is 21.4. The van der Waals surface area contributed by atoms with E-state index in [2.05, 4.69) is 31.3 Å². The van der Waals surface area contributed by atoms with Crippen molar-refractivity contribution in [1.82, 2.24) is 5.32 Å².